The van der Waals surface area contributed by atoms with Crippen LogP contribution in [0.3, 0.4) is 0 Å². The second kappa shape index (κ2) is 2.75. The van der Waals surface area contributed by atoms with Crippen molar-refractivity contribution in [3.63, 3.8) is 0 Å². The van der Waals surface area contributed by atoms with Gasteiger partial charge in [-0.25, -0.2) is 0 Å². The van der Waals surface area contributed by atoms with Gasteiger partial charge in [0.25, 0.3) is 0 Å². The molecular weight excluding hydrogens is 130 g/mol. The molecule has 2 nitrogen and oxygen atoms in total. The van der Waals surface area contributed by atoms with Crippen LogP contribution < -0.4 is 0 Å². The SMILES string of the molecule is OC1C=CC=CC1=N[Si]. The number of hydrogen-bond donors (Lipinski definition) is 1. The number of rotatable bonds is 0. The third-order valence-corrected chi connectivity index (χ3v) is 1.36. The number of hydrogen-bond acceptors (Lipinski definition) is 2. The molecule has 0 heterocycles. The summed E-state index contributed by atoms with van der Waals surface area (Å²) in [7, 11) is 2.94. The van der Waals surface area contributed by atoms with Gasteiger partial charge in [0.1, 0.15) is 6.10 Å². The van der Waals surface area contributed by atoms with Gasteiger partial charge < -0.3 is 9.76 Å². The van der Waals surface area contributed by atoms with Gasteiger partial charge in [0.05, 0.1) is 5.71 Å². The van der Waals surface area contributed by atoms with Gasteiger partial charge in [-0.3, -0.25) is 0 Å². The molecule has 1 atom stereocenters. The van der Waals surface area contributed by atoms with Gasteiger partial charge >= 0.3 is 0 Å². The van der Waals surface area contributed by atoms with Crippen molar-refractivity contribution in [2.24, 2.45) is 4.66 Å². The van der Waals surface area contributed by atoms with Crippen molar-refractivity contribution in [3.05, 3.63) is 24.3 Å². The van der Waals surface area contributed by atoms with Crippen LogP contribution in [0.15, 0.2) is 29.0 Å². The van der Waals surface area contributed by atoms with E-state index >= 15 is 0 Å². The minimum absolute atomic E-state index is 0.549. The van der Waals surface area contributed by atoms with E-state index in [-0.39, 0.29) is 0 Å². The highest BCUT2D eigenvalue weighted by molar-refractivity contribution is 6.17. The fourth-order valence-corrected chi connectivity index (χ4v) is 0.831. The van der Waals surface area contributed by atoms with Crippen molar-refractivity contribution in [1.82, 2.24) is 0 Å². The predicted octanol–water partition coefficient (Wildman–Crippen LogP) is -0.00220. The molecule has 1 unspecified atom stereocenters. The molecule has 0 amide bonds. The highest BCUT2D eigenvalue weighted by Gasteiger charge is 2.05. The summed E-state index contributed by atoms with van der Waals surface area (Å²) in [5.74, 6) is 0. The minimum Gasteiger partial charge on any atom is -0.383 e. The Labute approximate surface area is 57.1 Å². The first-order valence-electron chi connectivity index (χ1n) is 2.62. The Morgan fingerprint density at radius 2 is 2.33 bits per heavy atom. The largest absolute Gasteiger partial charge is 0.383 e. The number of allylic oxidation sites excluding steroid dienone is 2. The van der Waals surface area contributed by atoms with E-state index in [1.165, 1.54) is 0 Å². The molecule has 0 aromatic heterocycles. The molecule has 1 aliphatic carbocycles. The number of aliphatic hydroxyl groups is 1. The normalized spacial score (nSPS) is 29.6. The Hall–Kier alpha value is -0.673. The molecule has 0 aromatic rings. The molecule has 0 saturated carbocycles. The van der Waals surface area contributed by atoms with Crippen molar-refractivity contribution in [2.75, 3.05) is 0 Å². The van der Waals surface area contributed by atoms with Crippen molar-refractivity contribution in [1.29, 1.82) is 0 Å². The van der Waals surface area contributed by atoms with Crippen LogP contribution >= 0.6 is 0 Å². The Morgan fingerprint density at radius 1 is 1.56 bits per heavy atom. The molecule has 1 aliphatic rings. The van der Waals surface area contributed by atoms with Gasteiger partial charge in [-0.05, 0) is 6.08 Å². The lowest BCUT2D eigenvalue weighted by atomic mass is 10.1. The van der Waals surface area contributed by atoms with Crippen LogP contribution in [0, 0.1) is 0 Å². The van der Waals surface area contributed by atoms with Crippen molar-refractivity contribution >= 4 is 16.1 Å². The molecule has 1 rings (SSSR count). The summed E-state index contributed by atoms with van der Waals surface area (Å²) in [6.45, 7) is 0. The van der Waals surface area contributed by atoms with Gasteiger partial charge in [-0.15, -0.1) is 0 Å². The van der Waals surface area contributed by atoms with Crippen LogP contribution in [0.2, 0.25) is 0 Å². The lowest BCUT2D eigenvalue weighted by molar-refractivity contribution is 0.289. The molecule has 1 N–H and O–H groups in total. The standard InChI is InChI=1S/C6H6NOSi/c8-6-4-2-1-3-5(6)7-9/h1-4,6,8H. The first-order chi connectivity index (χ1) is 4.34. The molecule has 45 valence electrons. The Morgan fingerprint density at radius 3 is 2.78 bits per heavy atom. The van der Waals surface area contributed by atoms with Crippen LogP contribution in [0.1, 0.15) is 0 Å². The van der Waals surface area contributed by atoms with E-state index in [1.54, 1.807) is 18.2 Å². The summed E-state index contributed by atoms with van der Waals surface area (Å²) in [6, 6.07) is 0. The quantitative estimate of drug-likeness (QED) is 0.467. The zero-order valence-corrected chi connectivity index (χ0v) is 5.78. The second-order valence-corrected chi connectivity index (χ2v) is 1.95. The predicted molar refractivity (Wildman–Crippen MR) is 37.5 cm³/mol. The molecule has 3 heteroatoms. The van der Waals surface area contributed by atoms with Gasteiger partial charge in [0, 0.05) is 0 Å². The molecule has 0 aliphatic heterocycles. The van der Waals surface area contributed by atoms with Crippen LogP contribution in [-0.2, 0) is 0 Å². The maximum absolute atomic E-state index is 9.07. The fraction of sp³-hybridized carbons (Fsp3) is 0.167. The van der Waals surface area contributed by atoms with Crippen LogP contribution in [0.25, 0.3) is 0 Å². The third-order valence-electron chi connectivity index (χ3n) is 1.10. The van der Waals surface area contributed by atoms with Crippen LogP contribution in [0.5, 0.6) is 0 Å². The first kappa shape index (κ1) is 6.45. The monoisotopic (exact) mass is 136 g/mol. The molecule has 0 fully saturated rings. The highest BCUT2D eigenvalue weighted by Crippen LogP contribution is 1.99. The lowest BCUT2D eigenvalue weighted by Gasteiger charge is -2.06. The van der Waals surface area contributed by atoms with E-state index in [2.05, 4.69) is 15.1 Å². The average Bonchev–Trinajstić information content (AvgIpc) is 1.89. The first-order valence-corrected chi connectivity index (χ1v) is 3.06. The van der Waals surface area contributed by atoms with Crippen LogP contribution in [0.4, 0.5) is 0 Å². The van der Waals surface area contributed by atoms with E-state index in [1.807, 2.05) is 6.08 Å². The van der Waals surface area contributed by atoms with Gasteiger partial charge in [-0.1, -0.05) is 18.2 Å². The van der Waals surface area contributed by atoms with Crippen molar-refractivity contribution in [3.8, 4) is 0 Å². The molecule has 0 spiro atoms. The van der Waals surface area contributed by atoms with E-state index < -0.39 is 6.10 Å². The van der Waals surface area contributed by atoms with E-state index in [4.69, 9.17) is 5.11 Å². The maximum Gasteiger partial charge on any atom is 0.221 e. The van der Waals surface area contributed by atoms with E-state index in [0.29, 0.717) is 5.71 Å². The molecule has 3 radical (unpaired) electrons. The van der Waals surface area contributed by atoms with Gasteiger partial charge in [0.15, 0.2) is 0 Å². The summed E-state index contributed by atoms with van der Waals surface area (Å²) < 4.78 is 3.66. The smallest absolute Gasteiger partial charge is 0.221 e. The number of nitrogens with zero attached hydrogens (tertiary/aromatic N) is 1. The second-order valence-electron chi connectivity index (χ2n) is 1.73. The topological polar surface area (TPSA) is 32.6 Å². The highest BCUT2D eigenvalue weighted by atomic mass is 28.2. The fourth-order valence-electron chi connectivity index (χ4n) is 0.624. The Balaban J connectivity index is 2.78. The van der Waals surface area contributed by atoms with Crippen molar-refractivity contribution < 1.29 is 5.11 Å². The van der Waals surface area contributed by atoms with Gasteiger partial charge in [-0.2, -0.15) is 0 Å². The molecule has 0 bridgehead atoms. The zero-order valence-electron chi connectivity index (χ0n) is 4.78. The number of aliphatic hydroxyl groups excluding tert-OH is 1. The molecular formula is C6H6NOSi. The molecule has 9 heavy (non-hydrogen) atoms. The van der Waals surface area contributed by atoms with E-state index in [0.717, 1.165) is 0 Å². The Kier molecular flexibility index (Phi) is 1.97. The maximum atomic E-state index is 9.07. The summed E-state index contributed by atoms with van der Waals surface area (Å²) in [5.41, 5.74) is 0.633. The average molecular weight is 136 g/mol. The zero-order chi connectivity index (χ0) is 6.69. The van der Waals surface area contributed by atoms with E-state index in [9.17, 15) is 0 Å². The van der Waals surface area contributed by atoms with Crippen LogP contribution in [-0.4, -0.2) is 27.3 Å². The molecule has 0 aromatic carbocycles. The third kappa shape index (κ3) is 1.37. The summed E-state index contributed by atoms with van der Waals surface area (Å²) in [5, 5.41) is 9.07. The lowest BCUT2D eigenvalue weighted by Crippen LogP contribution is -2.17. The molecule has 0 saturated heterocycles. The van der Waals surface area contributed by atoms with Gasteiger partial charge in [0.2, 0.25) is 10.4 Å². The summed E-state index contributed by atoms with van der Waals surface area (Å²) in [4.78, 5) is 0. The van der Waals surface area contributed by atoms with Crippen molar-refractivity contribution in [2.45, 2.75) is 6.10 Å². The minimum atomic E-state index is -0.549. The summed E-state index contributed by atoms with van der Waals surface area (Å²) in [6.07, 6.45) is 6.47. The Bertz CT molecular complexity index is 183. The summed E-state index contributed by atoms with van der Waals surface area (Å²) >= 11 is 0.